The van der Waals surface area contributed by atoms with Gasteiger partial charge in [0.05, 0.1) is 11.6 Å². The molecule has 1 aliphatic carbocycles. The van der Waals surface area contributed by atoms with Gasteiger partial charge in [0.1, 0.15) is 5.82 Å². The van der Waals surface area contributed by atoms with E-state index in [-0.39, 0.29) is 0 Å². The number of benzene rings is 3. The van der Waals surface area contributed by atoms with E-state index in [1.165, 1.54) is 11.1 Å². The smallest absolute Gasteiger partial charge is 0.127 e. The molecule has 1 heterocycles. The van der Waals surface area contributed by atoms with E-state index in [0.717, 1.165) is 45.7 Å². The van der Waals surface area contributed by atoms with Gasteiger partial charge in [0.2, 0.25) is 0 Å². The zero-order valence-electron chi connectivity index (χ0n) is 14.8. The quantitative estimate of drug-likeness (QED) is 0.436. The molecule has 1 aromatic heterocycles. The molecule has 5 rings (SSSR count). The Hall–Kier alpha value is -2.84. The van der Waals surface area contributed by atoms with Gasteiger partial charge in [-0.05, 0) is 53.8 Å². The molecule has 0 radical (unpaired) electrons. The van der Waals surface area contributed by atoms with Gasteiger partial charge in [0.15, 0.2) is 0 Å². The van der Waals surface area contributed by atoms with Gasteiger partial charge in [-0.3, -0.25) is 0 Å². The molecule has 27 heavy (non-hydrogen) atoms. The van der Waals surface area contributed by atoms with Crippen molar-refractivity contribution in [2.45, 2.75) is 18.9 Å². The molecule has 0 bridgehead atoms. The summed E-state index contributed by atoms with van der Waals surface area (Å²) in [5, 5.41) is 5.50. The van der Waals surface area contributed by atoms with E-state index in [9.17, 15) is 0 Å². The topological polar surface area (TPSA) is 24.9 Å². The van der Waals surface area contributed by atoms with Gasteiger partial charge in [0.25, 0.3) is 0 Å². The SMILES string of the molecule is Clc1ccccc1-c1cccc2nc(NC3CCc4ccccc43)ccc12. The zero-order chi connectivity index (χ0) is 18.2. The highest BCUT2D eigenvalue weighted by atomic mass is 35.5. The number of anilines is 1. The molecule has 0 saturated heterocycles. The van der Waals surface area contributed by atoms with E-state index < -0.39 is 0 Å². The third kappa shape index (κ3) is 2.96. The number of rotatable bonds is 3. The van der Waals surface area contributed by atoms with Gasteiger partial charge in [-0.25, -0.2) is 4.98 Å². The van der Waals surface area contributed by atoms with Crippen LogP contribution in [0.3, 0.4) is 0 Å². The molecule has 132 valence electrons. The lowest BCUT2D eigenvalue weighted by atomic mass is 10.0. The van der Waals surface area contributed by atoms with Gasteiger partial charge in [-0.1, -0.05) is 66.2 Å². The number of halogens is 1. The van der Waals surface area contributed by atoms with Gasteiger partial charge < -0.3 is 5.32 Å². The van der Waals surface area contributed by atoms with Crippen LogP contribution in [-0.2, 0) is 6.42 Å². The lowest BCUT2D eigenvalue weighted by Gasteiger charge is -2.16. The summed E-state index contributed by atoms with van der Waals surface area (Å²) < 4.78 is 0. The largest absolute Gasteiger partial charge is 0.363 e. The first-order valence-electron chi connectivity index (χ1n) is 9.28. The fourth-order valence-electron chi connectivity index (χ4n) is 4.04. The van der Waals surface area contributed by atoms with Crippen LogP contribution < -0.4 is 5.32 Å². The number of nitrogens with one attached hydrogen (secondary N) is 1. The molecule has 4 aromatic rings. The first-order chi connectivity index (χ1) is 13.3. The summed E-state index contributed by atoms with van der Waals surface area (Å²) >= 11 is 6.42. The highest BCUT2D eigenvalue weighted by Crippen LogP contribution is 2.35. The van der Waals surface area contributed by atoms with Crippen LogP contribution >= 0.6 is 11.6 Å². The normalized spacial score (nSPS) is 15.7. The monoisotopic (exact) mass is 370 g/mol. The van der Waals surface area contributed by atoms with E-state index >= 15 is 0 Å². The maximum absolute atomic E-state index is 6.42. The van der Waals surface area contributed by atoms with Crippen molar-refractivity contribution in [2.24, 2.45) is 0 Å². The van der Waals surface area contributed by atoms with Gasteiger partial charge in [-0.15, -0.1) is 0 Å². The molecule has 0 fully saturated rings. The molecule has 1 unspecified atom stereocenters. The van der Waals surface area contributed by atoms with Crippen LogP contribution in [0.15, 0.2) is 78.9 Å². The number of hydrogen-bond acceptors (Lipinski definition) is 2. The van der Waals surface area contributed by atoms with Gasteiger partial charge in [-0.2, -0.15) is 0 Å². The Labute approximate surface area is 163 Å². The standard InChI is InChI=1S/C24H19ClN2/c25-21-10-4-3-8-19(21)18-9-5-11-22-20(18)13-15-24(26-22)27-23-14-12-16-6-1-2-7-17(16)23/h1-11,13,15,23H,12,14H2,(H,26,27). The number of fused-ring (bicyclic) bond motifs is 2. The second-order valence-corrected chi connectivity index (χ2v) is 7.39. The van der Waals surface area contributed by atoms with Crippen LogP contribution in [0.25, 0.3) is 22.0 Å². The van der Waals surface area contributed by atoms with E-state index in [2.05, 4.69) is 59.9 Å². The number of pyridine rings is 1. The Bertz CT molecular complexity index is 1140. The fraction of sp³-hybridized carbons (Fsp3) is 0.125. The molecule has 2 nitrogen and oxygen atoms in total. The van der Waals surface area contributed by atoms with Crippen molar-refractivity contribution >= 4 is 28.3 Å². The van der Waals surface area contributed by atoms with E-state index in [4.69, 9.17) is 16.6 Å². The first-order valence-corrected chi connectivity index (χ1v) is 9.66. The summed E-state index contributed by atoms with van der Waals surface area (Å²) in [7, 11) is 0. The molecule has 0 amide bonds. The van der Waals surface area contributed by atoms with Crippen molar-refractivity contribution in [1.29, 1.82) is 0 Å². The van der Waals surface area contributed by atoms with Crippen molar-refractivity contribution in [1.82, 2.24) is 4.98 Å². The Morgan fingerprint density at radius 2 is 1.63 bits per heavy atom. The predicted molar refractivity (Wildman–Crippen MR) is 113 cm³/mol. The lowest BCUT2D eigenvalue weighted by Crippen LogP contribution is -2.08. The van der Waals surface area contributed by atoms with Crippen LogP contribution in [0.5, 0.6) is 0 Å². The third-order valence-corrected chi connectivity index (χ3v) is 5.68. The number of aryl methyl sites for hydroxylation is 1. The van der Waals surface area contributed by atoms with Crippen molar-refractivity contribution in [3.05, 3.63) is 95.0 Å². The second-order valence-electron chi connectivity index (χ2n) is 6.98. The van der Waals surface area contributed by atoms with E-state index in [1.807, 2.05) is 24.3 Å². The average molecular weight is 371 g/mol. The van der Waals surface area contributed by atoms with Crippen LogP contribution in [0, 0.1) is 0 Å². The lowest BCUT2D eigenvalue weighted by molar-refractivity contribution is 0.758. The van der Waals surface area contributed by atoms with Gasteiger partial charge >= 0.3 is 0 Å². The van der Waals surface area contributed by atoms with Crippen LogP contribution in [0.1, 0.15) is 23.6 Å². The molecular formula is C24H19ClN2. The van der Waals surface area contributed by atoms with Crippen LogP contribution in [-0.4, -0.2) is 4.98 Å². The molecule has 1 N–H and O–H groups in total. The molecule has 1 aliphatic rings. The Morgan fingerprint density at radius 1 is 0.815 bits per heavy atom. The molecule has 1 atom stereocenters. The molecule has 3 aromatic carbocycles. The van der Waals surface area contributed by atoms with Gasteiger partial charge in [0, 0.05) is 16.0 Å². The van der Waals surface area contributed by atoms with Crippen LogP contribution in [0.2, 0.25) is 5.02 Å². The number of nitrogens with zero attached hydrogens (tertiary/aromatic N) is 1. The van der Waals surface area contributed by atoms with E-state index in [1.54, 1.807) is 0 Å². The summed E-state index contributed by atoms with van der Waals surface area (Å²) in [6.07, 6.45) is 2.23. The maximum Gasteiger partial charge on any atom is 0.127 e. The third-order valence-electron chi connectivity index (χ3n) is 5.35. The average Bonchev–Trinajstić information content (AvgIpc) is 3.11. The van der Waals surface area contributed by atoms with Crippen LogP contribution in [0.4, 0.5) is 5.82 Å². The molecule has 0 spiro atoms. The Morgan fingerprint density at radius 3 is 2.56 bits per heavy atom. The molecule has 3 heteroatoms. The number of aromatic nitrogens is 1. The fourth-order valence-corrected chi connectivity index (χ4v) is 4.27. The minimum Gasteiger partial charge on any atom is -0.363 e. The summed E-state index contributed by atoms with van der Waals surface area (Å²) in [5.74, 6) is 0.917. The van der Waals surface area contributed by atoms with Crippen molar-refractivity contribution in [3.63, 3.8) is 0 Å². The summed E-state index contributed by atoms with van der Waals surface area (Å²) in [4.78, 5) is 4.87. The van der Waals surface area contributed by atoms with Crippen molar-refractivity contribution in [2.75, 3.05) is 5.32 Å². The summed E-state index contributed by atoms with van der Waals surface area (Å²) in [6, 6.07) is 27.4. The predicted octanol–water partition coefficient (Wildman–Crippen LogP) is 6.65. The second kappa shape index (κ2) is 6.71. The highest BCUT2D eigenvalue weighted by Gasteiger charge is 2.22. The molecule has 0 saturated carbocycles. The maximum atomic E-state index is 6.42. The molecule has 0 aliphatic heterocycles. The van der Waals surface area contributed by atoms with E-state index in [0.29, 0.717) is 6.04 Å². The first kappa shape index (κ1) is 16.3. The summed E-state index contributed by atoms with van der Waals surface area (Å²) in [6.45, 7) is 0. The minimum absolute atomic E-state index is 0.331. The zero-order valence-corrected chi connectivity index (χ0v) is 15.6. The Kier molecular flexibility index (Phi) is 4.06. The Balaban J connectivity index is 1.51. The summed E-state index contributed by atoms with van der Waals surface area (Å²) in [5.41, 5.74) is 5.96. The number of hydrogen-bond donors (Lipinski definition) is 1. The minimum atomic E-state index is 0.331. The highest BCUT2D eigenvalue weighted by molar-refractivity contribution is 6.33. The van der Waals surface area contributed by atoms with Crippen molar-refractivity contribution < 1.29 is 0 Å². The van der Waals surface area contributed by atoms with Crippen molar-refractivity contribution in [3.8, 4) is 11.1 Å². The molecular weight excluding hydrogens is 352 g/mol.